The second kappa shape index (κ2) is 11.1. The standard InChI is InChI=1S/C20H25N3O4/c1-15-5-3-6-17(20(25)22-9-4-12-27-14-13-26-2)18(15)23-19(24)16-7-10-21-11-8-16/h3,5-8,10-11H,4,9,12-14H2,1-2H3,(H,22,25)(H,23,24). The van der Waals surface area contributed by atoms with Gasteiger partial charge in [0.2, 0.25) is 0 Å². The predicted molar refractivity (Wildman–Crippen MR) is 103 cm³/mol. The molecule has 0 bridgehead atoms. The molecule has 2 amide bonds. The lowest BCUT2D eigenvalue weighted by atomic mass is 10.1. The minimum atomic E-state index is -0.285. The van der Waals surface area contributed by atoms with Crippen LogP contribution in [0.2, 0.25) is 0 Å². The molecule has 1 aromatic carbocycles. The number of rotatable bonds is 10. The Labute approximate surface area is 159 Å². The first-order valence-electron chi connectivity index (χ1n) is 8.79. The van der Waals surface area contributed by atoms with Crippen LogP contribution in [0.4, 0.5) is 5.69 Å². The number of hydrogen-bond donors (Lipinski definition) is 2. The summed E-state index contributed by atoms with van der Waals surface area (Å²) in [7, 11) is 1.62. The summed E-state index contributed by atoms with van der Waals surface area (Å²) in [5.74, 6) is -0.520. The number of para-hydroxylation sites is 1. The number of carbonyl (C=O) groups is 2. The number of anilines is 1. The molecule has 2 rings (SSSR count). The highest BCUT2D eigenvalue weighted by Gasteiger charge is 2.16. The van der Waals surface area contributed by atoms with Crippen LogP contribution < -0.4 is 10.6 Å². The minimum absolute atomic E-state index is 0.236. The summed E-state index contributed by atoms with van der Waals surface area (Å²) < 4.78 is 10.3. The van der Waals surface area contributed by atoms with Crippen molar-refractivity contribution in [1.29, 1.82) is 0 Å². The van der Waals surface area contributed by atoms with E-state index < -0.39 is 0 Å². The normalized spacial score (nSPS) is 10.4. The van der Waals surface area contributed by atoms with E-state index >= 15 is 0 Å². The highest BCUT2D eigenvalue weighted by Crippen LogP contribution is 2.21. The Morgan fingerprint density at radius 3 is 2.56 bits per heavy atom. The van der Waals surface area contributed by atoms with Crippen LogP contribution in [0.1, 0.15) is 32.7 Å². The van der Waals surface area contributed by atoms with Crippen LogP contribution in [-0.2, 0) is 9.47 Å². The Bertz CT molecular complexity index is 750. The molecular formula is C20H25N3O4. The third kappa shape index (κ3) is 6.47. The van der Waals surface area contributed by atoms with E-state index in [0.717, 1.165) is 5.56 Å². The van der Waals surface area contributed by atoms with Gasteiger partial charge in [-0.3, -0.25) is 14.6 Å². The van der Waals surface area contributed by atoms with Crippen molar-refractivity contribution in [1.82, 2.24) is 10.3 Å². The van der Waals surface area contributed by atoms with Crippen molar-refractivity contribution in [3.63, 3.8) is 0 Å². The van der Waals surface area contributed by atoms with Crippen LogP contribution in [-0.4, -0.2) is 50.3 Å². The molecule has 2 aromatic rings. The maximum Gasteiger partial charge on any atom is 0.255 e. The number of carbonyl (C=O) groups excluding carboxylic acids is 2. The summed E-state index contributed by atoms with van der Waals surface area (Å²) in [5.41, 5.74) is 2.23. The van der Waals surface area contributed by atoms with Crippen LogP contribution in [0.25, 0.3) is 0 Å². The quantitative estimate of drug-likeness (QED) is 0.626. The minimum Gasteiger partial charge on any atom is -0.382 e. The fraction of sp³-hybridized carbons (Fsp3) is 0.350. The predicted octanol–water partition coefficient (Wildman–Crippen LogP) is 2.43. The molecular weight excluding hydrogens is 346 g/mol. The van der Waals surface area contributed by atoms with Crippen molar-refractivity contribution in [2.75, 3.05) is 38.8 Å². The third-order valence-electron chi connectivity index (χ3n) is 3.88. The van der Waals surface area contributed by atoms with Crippen LogP contribution in [0, 0.1) is 6.92 Å². The molecule has 0 aliphatic heterocycles. The monoisotopic (exact) mass is 371 g/mol. The molecule has 0 saturated carbocycles. The first-order chi connectivity index (χ1) is 13.1. The Hall–Kier alpha value is -2.77. The molecule has 27 heavy (non-hydrogen) atoms. The van der Waals surface area contributed by atoms with E-state index in [-0.39, 0.29) is 11.8 Å². The number of benzene rings is 1. The molecule has 7 heteroatoms. The maximum atomic E-state index is 12.5. The van der Waals surface area contributed by atoms with Gasteiger partial charge in [-0.1, -0.05) is 12.1 Å². The van der Waals surface area contributed by atoms with E-state index in [9.17, 15) is 9.59 Å². The highest BCUT2D eigenvalue weighted by molar-refractivity contribution is 6.09. The summed E-state index contributed by atoms with van der Waals surface area (Å²) in [6.45, 7) is 3.97. The Morgan fingerprint density at radius 2 is 1.81 bits per heavy atom. The van der Waals surface area contributed by atoms with Gasteiger partial charge in [-0.15, -0.1) is 0 Å². The first kappa shape index (κ1) is 20.5. The van der Waals surface area contributed by atoms with Gasteiger partial charge in [0.25, 0.3) is 11.8 Å². The van der Waals surface area contributed by atoms with Crippen molar-refractivity contribution in [3.8, 4) is 0 Å². The zero-order valence-corrected chi connectivity index (χ0v) is 15.7. The molecule has 1 heterocycles. The molecule has 0 aliphatic rings. The number of hydrogen-bond acceptors (Lipinski definition) is 5. The number of nitrogens with one attached hydrogen (secondary N) is 2. The average molecular weight is 371 g/mol. The van der Waals surface area contributed by atoms with Gasteiger partial charge in [0.1, 0.15) is 0 Å². The summed E-state index contributed by atoms with van der Waals surface area (Å²) >= 11 is 0. The smallest absolute Gasteiger partial charge is 0.255 e. The summed E-state index contributed by atoms with van der Waals surface area (Å²) in [4.78, 5) is 28.9. The van der Waals surface area contributed by atoms with Crippen molar-refractivity contribution < 1.29 is 19.1 Å². The van der Waals surface area contributed by atoms with E-state index in [1.807, 2.05) is 13.0 Å². The molecule has 0 atom stereocenters. The van der Waals surface area contributed by atoms with E-state index in [1.54, 1.807) is 43.8 Å². The molecule has 7 nitrogen and oxygen atoms in total. The van der Waals surface area contributed by atoms with Gasteiger partial charge in [-0.25, -0.2) is 0 Å². The van der Waals surface area contributed by atoms with E-state index in [1.165, 1.54) is 0 Å². The van der Waals surface area contributed by atoms with Gasteiger partial charge in [0.15, 0.2) is 0 Å². The second-order valence-electron chi connectivity index (χ2n) is 5.90. The lowest BCUT2D eigenvalue weighted by Crippen LogP contribution is -2.27. The van der Waals surface area contributed by atoms with Gasteiger partial charge in [0.05, 0.1) is 24.5 Å². The Balaban J connectivity index is 1.95. The van der Waals surface area contributed by atoms with Crippen LogP contribution >= 0.6 is 0 Å². The number of amides is 2. The van der Waals surface area contributed by atoms with Gasteiger partial charge in [-0.2, -0.15) is 0 Å². The molecule has 2 N–H and O–H groups in total. The molecule has 144 valence electrons. The number of nitrogens with zero attached hydrogens (tertiary/aromatic N) is 1. The SMILES string of the molecule is COCCOCCCNC(=O)c1cccc(C)c1NC(=O)c1ccncc1. The number of ether oxygens (including phenoxy) is 2. The summed E-state index contributed by atoms with van der Waals surface area (Å²) in [6.07, 6.45) is 3.80. The Kier molecular flexibility index (Phi) is 8.41. The first-order valence-corrected chi connectivity index (χ1v) is 8.79. The van der Waals surface area contributed by atoms with E-state index in [4.69, 9.17) is 9.47 Å². The largest absolute Gasteiger partial charge is 0.382 e. The lowest BCUT2D eigenvalue weighted by Gasteiger charge is -2.14. The number of aryl methyl sites for hydroxylation is 1. The Morgan fingerprint density at radius 1 is 1.04 bits per heavy atom. The maximum absolute atomic E-state index is 12.5. The average Bonchev–Trinajstić information content (AvgIpc) is 2.69. The molecule has 1 aromatic heterocycles. The van der Waals surface area contributed by atoms with Crippen molar-refractivity contribution in [3.05, 3.63) is 59.4 Å². The lowest BCUT2D eigenvalue weighted by molar-refractivity contribution is 0.0688. The highest BCUT2D eigenvalue weighted by atomic mass is 16.5. The fourth-order valence-electron chi connectivity index (χ4n) is 2.43. The molecule has 0 radical (unpaired) electrons. The summed E-state index contributed by atoms with van der Waals surface area (Å²) in [6, 6.07) is 8.58. The van der Waals surface area contributed by atoms with Gasteiger partial charge >= 0.3 is 0 Å². The van der Waals surface area contributed by atoms with Gasteiger partial charge in [0, 0.05) is 38.2 Å². The molecule has 0 spiro atoms. The summed E-state index contributed by atoms with van der Waals surface area (Å²) in [5, 5.41) is 5.69. The number of aromatic nitrogens is 1. The van der Waals surface area contributed by atoms with Crippen molar-refractivity contribution >= 4 is 17.5 Å². The van der Waals surface area contributed by atoms with Gasteiger partial charge < -0.3 is 20.1 Å². The topological polar surface area (TPSA) is 89.5 Å². The van der Waals surface area contributed by atoms with Crippen LogP contribution in [0.15, 0.2) is 42.7 Å². The van der Waals surface area contributed by atoms with Crippen molar-refractivity contribution in [2.24, 2.45) is 0 Å². The third-order valence-corrected chi connectivity index (χ3v) is 3.88. The molecule has 0 fully saturated rings. The van der Waals surface area contributed by atoms with Crippen LogP contribution in [0.5, 0.6) is 0 Å². The molecule has 0 aliphatic carbocycles. The zero-order chi connectivity index (χ0) is 19.5. The van der Waals surface area contributed by atoms with Gasteiger partial charge in [-0.05, 0) is 37.1 Å². The van der Waals surface area contributed by atoms with E-state index in [0.29, 0.717) is 49.6 Å². The fourth-order valence-corrected chi connectivity index (χ4v) is 2.43. The molecule has 0 unspecified atom stereocenters. The zero-order valence-electron chi connectivity index (χ0n) is 15.7. The number of methoxy groups -OCH3 is 1. The molecule has 0 saturated heterocycles. The second-order valence-corrected chi connectivity index (χ2v) is 5.90. The van der Waals surface area contributed by atoms with Crippen molar-refractivity contribution in [2.45, 2.75) is 13.3 Å². The van der Waals surface area contributed by atoms with Crippen LogP contribution in [0.3, 0.4) is 0 Å². The van der Waals surface area contributed by atoms with E-state index in [2.05, 4.69) is 15.6 Å². The number of pyridine rings is 1.